The smallest absolute Gasteiger partial charge is 0.187 e. The third-order valence-electron chi connectivity index (χ3n) is 3.54. The fraction of sp³-hybridized carbons (Fsp3) is 0.429. The van der Waals surface area contributed by atoms with Gasteiger partial charge in [0.05, 0.1) is 14.2 Å². The maximum absolute atomic E-state index is 5.45. The highest BCUT2D eigenvalue weighted by atomic mass is 16.5. The van der Waals surface area contributed by atoms with Gasteiger partial charge in [-0.1, -0.05) is 0 Å². The lowest BCUT2D eigenvalue weighted by molar-refractivity contribution is 0.358. The molecule has 1 N–H and O–H groups in total. The summed E-state index contributed by atoms with van der Waals surface area (Å²) < 4.78 is 10.8. The molecule has 0 unspecified atom stereocenters. The van der Waals surface area contributed by atoms with E-state index in [1.807, 2.05) is 12.1 Å². The normalized spacial score (nSPS) is 15.4. The Bertz CT molecular complexity index is 611. The molecule has 1 aromatic heterocycles. The van der Waals surface area contributed by atoms with Crippen LogP contribution in [0.25, 0.3) is 10.9 Å². The van der Waals surface area contributed by atoms with Crippen molar-refractivity contribution in [2.45, 2.75) is 0 Å². The number of fused-ring (bicyclic) bond motifs is 1. The van der Waals surface area contributed by atoms with Crippen molar-refractivity contribution >= 4 is 16.7 Å². The summed E-state index contributed by atoms with van der Waals surface area (Å²) in [6.45, 7) is 3.83. The van der Waals surface area contributed by atoms with Crippen molar-refractivity contribution in [2.24, 2.45) is 0 Å². The van der Waals surface area contributed by atoms with Crippen molar-refractivity contribution in [3.8, 4) is 11.5 Å². The fourth-order valence-electron chi connectivity index (χ4n) is 2.56. The average Bonchev–Trinajstić information content (AvgIpc) is 2.53. The number of aromatic nitrogens is 2. The lowest BCUT2D eigenvalue weighted by Gasteiger charge is -2.29. The fourth-order valence-corrected chi connectivity index (χ4v) is 2.56. The van der Waals surface area contributed by atoms with Crippen molar-refractivity contribution in [1.82, 2.24) is 15.3 Å². The van der Waals surface area contributed by atoms with Gasteiger partial charge < -0.3 is 19.7 Å². The molecule has 6 heteroatoms. The first-order valence-electron chi connectivity index (χ1n) is 6.66. The summed E-state index contributed by atoms with van der Waals surface area (Å²) in [5.41, 5.74) is 0.787. The van der Waals surface area contributed by atoms with Crippen LogP contribution in [0.1, 0.15) is 0 Å². The number of hydrogen-bond donors (Lipinski definition) is 1. The predicted octanol–water partition coefficient (Wildman–Crippen LogP) is 1.06. The molecule has 0 aliphatic carbocycles. The second-order valence-corrected chi connectivity index (χ2v) is 4.63. The number of ether oxygens (including phenoxy) is 2. The van der Waals surface area contributed by atoms with Gasteiger partial charge in [0.15, 0.2) is 11.5 Å². The number of anilines is 1. The summed E-state index contributed by atoms with van der Waals surface area (Å²) in [5, 5.41) is 4.34. The minimum absolute atomic E-state index is 0.656. The van der Waals surface area contributed by atoms with Crippen molar-refractivity contribution in [3.63, 3.8) is 0 Å². The lowest BCUT2D eigenvalue weighted by atomic mass is 10.2. The van der Waals surface area contributed by atoms with E-state index < -0.39 is 0 Å². The molecule has 3 rings (SSSR count). The summed E-state index contributed by atoms with van der Waals surface area (Å²) in [5.74, 6) is 2.30. The van der Waals surface area contributed by atoms with Crippen molar-refractivity contribution < 1.29 is 9.47 Å². The third-order valence-corrected chi connectivity index (χ3v) is 3.54. The number of methoxy groups -OCH3 is 2. The van der Waals surface area contributed by atoms with Gasteiger partial charge in [-0.2, -0.15) is 0 Å². The molecule has 0 saturated carbocycles. The highest BCUT2D eigenvalue weighted by Crippen LogP contribution is 2.36. The van der Waals surface area contributed by atoms with Crippen LogP contribution in [0, 0.1) is 0 Å². The average molecular weight is 274 g/mol. The van der Waals surface area contributed by atoms with Crippen molar-refractivity contribution in [3.05, 3.63) is 18.5 Å². The summed E-state index contributed by atoms with van der Waals surface area (Å²) in [6, 6.07) is 3.89. The molecular formula is C14H18N4O2. The monoisotopic (exact) mass is 274 g/mol. The zero-order valence-electron chi connectivity index (χ0n) is 11.7. The van der Waals surface area contributed by atoms with E-state index in [0.717, 1.165) is 42.9 Å². The predicted molar refractivity (Wildman–Crippen MR) is 77.7 cm³/mol. The van der Waals surface area contributed by atoms with Gasteiger partial charge in [0.2, 0.25) is 0 Å². The highest BCUT2D eigenvalue weighted by molar-refractivity contribution is 5.95. The van der Waals surface area contributed by atoms with E-state index in [2.05, 4.69) is 20.2 Å². The van der Waals surface area contributed by atoms with E-state index in [4.69, 9.17) is 9.47 Å². The van der Waals surface area contributed by atoms with Gasteiger partial charge in [0, 0.05) is 31.6 Å². The molecule has 1 aromatic carbocycles. The largest absolute Gasteiger partial charge is 0.493 e. The zero-order valence-corrected chi connectivity index (χ0v) is 11.7. The van der Waals surface area contributed by atoms with Crippen LogP contribution in [0.15, 0.2) is 18.5 Å². The molecule has 6 nitrogen and oxygen atoms in total. The molecule has 0 amide bonds. The van der Waals surface area contributed by atoms with Gasteiger partial charge in [0.25, 0.3) is 0 Å². The van der Waals surface area contributed by atoms with Crippen molar-refractivity contribution in [1.29, 1.82) is 0 Å². The quantitative estimate of drug-likeness (QED) is 0.903. The molecule has 2 aromatic rings. The first-order valence-corrected chi connectivity index (χ1v) is 6.66. The number of piperazine rings is 1. The van der Waals surface area contributed by atoms with Crippen LogP contribution in [0.2, 0.25) is 0 Å². The number of nitrogens with one attached hydrogen (secondary N) is 1. The molecule has 0 atom stereocenters. The molecule has 1 saturated heterocycles. The van der Waals surface area contributed by atoms with E-state index >= 15 is 0 Å². The Morgan fingerprint density at radius 1 is 1.10 bits per heavy atom. The summed E-state index contributed by atoms with van der Waals surface area (Å²) >= 11 is 0. The molecule has 106 valence electrons. The summed E-state index contributed by atoms with van der Waals surface area (Å²) in [6.07, 6.45) is 1.58. The van der Waals surface area contributed by atoms with Gasteiger partial charge in [-0.05, 0) is 12.1 Å². The van der Waals surface area contributed by atoms with Crippen LogP contribution in [-0.4, -0.2) is 50.4 Å². The third kappa shape index (κ3) is 2.12. The molecule has 0 spiro atoms. The maximum Gasteiger partial charge on any atom is 0.187 e. The van der Waals surface area contributed by atoms with Crippen LogP contribution in [0.4, 0.5) is 5.82 Å². The van der Waals surface area contributed by atoms with E-state index in [1.165, 1.54) is 0 Å². The Morgan fingerprint density at radius 3 is 2.60 bits per heavy atom. The minimum Gasteiger partial charge on any atom is -0.493 e. The highest BCUT2D eigenvalue weighted by Gasteiger charge is 2.18. The maximum atomic E-state index is 5.45. The van der Waals surface area contributed by atoms with Gasteiger partial charge in [-0.25, -0.2) is 9.97 Å². The number of benzene rings is 1. The Kier molecular flexibility index (Phi) is 3.56. The Labute approximate surface area is 117 Å². The van der Waals surface area contributed by atoms with E-state index in [-0.39, 0.29) is 0 Å². The molecule has 2 heterocycles. The van der Waals surface area contributed by atoms with E-state index in [1.54, 1.807) is 20.5 Å². The zero-order chi connectivity index (χ0) is 13.9. The van der Waals surface area contributed by atoms with Crippen LogP contribution in [0.3, 0.4) is 0 Å². The molecule has 1 aliphatic rings. The standard InChI is InChI=1S/C14H18N4O2/c1-19-11-4-3-10-12(13(11)20-2)16-9-17-14(10)18-7-5-15-6-8-18/h3-4,9,15H,5-8H2,1-2H3. The van der Waals surface area contributed by atoms with Crippen LogP contribution in [-0.2, 0) is 0 Å². The van der Waals surface area contributed by atoms with Crippen molar-refractivity contribution in [2.75, 3.05) is 45.3 Å². The van der Waals surface area contributed by atoms with Gasteiger partial charge in [-0.3, -0.25) is 0 Å². The van der Waals surface area contributed by atoms with Gasteiger partial charge in [0.1, 0.15) is 17.7 Å². The summed E-state index contributed by atoms with van der Waals surface area (Å²) in [7, 11) is 3.26. The minimum atomic E-state index is 0.656. The molecule has 0 bridgehead atoms. The molecule has 0 radical (unpaired) electrons. The van der Waals surface area contributed by atoms with Crippen LogP contribution >= 0.6 is 0 Å². The van der Waals surface area contributed by atoms with E-state index in [9.17, 15) is 0 Å². The van der Waals surface area contributed by atoms with Crippen LogP contribution in [0.5, 0.6) is 11.5 Å². The number of nitrogens with zero attached hydrogens (tertiary/aromatic N) is 3. The van der Waals surface area contributed by atoms with Crippen LogP contribution < -0.4 is 19.7 Å². The molecule has 1 fully saturated rings. The number of rotatable bonds is 3. The van der Waals surface area contributed by atoms with Gasteiger partial charge >= 0.3 is 0 Å². The summed E-state index contributed by atoms with van der Waals surface area (Å²) in [4.78, 5) is 11.1. The topological polar surface area (TPSA) is 59.5 Å². The first kappa shape index (κ1) is 12.9. The second-order valence-electron chi connectivity index (χ2n) is 4.63. The van der Waals surface area contributed by atoms with Gasteiger partial charge in [-0.15, -0.1) is 0 Å². The SMILES string of the molecule is COc1ccc2c(N3CCNCC3)ncnc2c1OC. The Balaban J connectivity index is 2.14. The number of hydrogen-bond acceptors (Lipinski definition) is 6. The Morgan fingerprint density at radius 2 is 1.90 bits per heavy atom. The molecule has 20 heavy (non-hydrogen) atoms. The molecular weight excluding hydrogens is 256 g/mol. The van der Waals surface area contributed by atoms with E-state index in [0.29, 0.717) is 11.5 Å². The first-order chi connectivity index (χ1) is 9.85. The second kappa shape index (κ2) is 5.50. The molecule has 1 aliphatic heterocycles. The lowest BCUT2D eigenvalue weighted by Crippen LogP contribution is -2.44. The Hall–Kier alpha value is -2.08.